The highest BCUT2D eigenvalue weighted by Crippen LogP contribution is 2.33. The Bertz CT molecular complexity index is 433. The van der Waals surface area contributed by atoms with E-state index in [1.165, 1.54) is 24.2 Å². The number of thioether (sulfide) groups is 1. The number of halogens is 1. The standard InChI is InChI=1S/C16H21BrOS/c1-2-12-6-5-7-13(10-12)15(18)11-19-16-9-4-3-8-14(16)17/h3-4,8-9,12-13H,2,5-7,10-11H2,1H3. The zero-order valence-corrected chi connectivity index (χ0v) is 13.8. The molecule has 0 bridgehead atoms. The van der Waals surface area contributed by atoms with Crippen molar-refractivity contribution >= 4 is 33.5 Å². The van der Waals surface area contributed by atoms with Crippen LogP contribution in [0.2, 0.25) is 0 Å². The topological polar surface area (TPSA) is 17.1 Å². The van der Waals surface area contributed by atoms with Gasteiger partial charge in [0.25, 0.3) is 0 Å². The molecule has 1 aliphatic rings. The first kappa shape index (κ1) is 15.1. The molecule has 104 valence electrons. The predicted molar refractivity (Wildman–Crippen MR) is 85.6 cm³/mol. The van der Waals surface area contributed by atoms with Crippen molar-refractivity contribution in [3.05, 3.63) is 28.7 Å². The van der Waals surface area contributed by atoms with Crippen molar-refractivity contribution in [1.29, 1.82) is 0 Å². The summed E-state index contributed by atoms with van der Waals surface area (Å²) in [6.07, 6.45) is 5.99. The van der Waals surface area contributed by atoms with Gasteiger partial charge in [-0.3, -0.25) is 4.79 Å². The molecular weight excluding hydrogens is 320 g/mol. The van der Waals surface area contributed by atoms with E-state index in [-0.39, 0.29) is 0 Å². The van der Waals surface area contributed by atoms with Crippen LogP contribution in [0.25, 0.3) is 0 Å². The SMILES string of the molecule is CCC1CCCC(C(=O)CSc2ccccc2Br)C1. The van der Waals surface area contributed by atoms with Crippen molar-refractivity contribution in [2.24, 2.45) is 11.8 Å². The number of rotatable bonds is 5. The van der Waals surface area contributed by atoms with E-state index >= 15 is 0 Å². The molecule has 1 aliphatic carbocycles. The Labute approximate surface area is 128 Å². The van der Waals surface area contributed by atoms with Crippen molar-refractivity contribution < 1.29 is 4.79 Å². The zero-order valence-electron chi connectivity index (χ0n) is 11.4. The second-order valence-electron chi connectivity index (χ2n) is 5.32. The lowest BCUT2D eigenvalue weighted by atomic mass is 9.78. The van der Waals surface area contributed by atoms with Crippen LogP contribution >= 0.6 is 27.7 Å². The lowest BCUT2D eigenvalue weighted by Gasteiger charge is -2.27. The molecule has 19 heavy (non-hydrogen) atoms. The number of ketones is 1. The molecule has 0 saturated heterocycles. The third kappa shape index (κ3) is 4.35. The Morgan fingerprint density at radius 3 is 2.89 bits per heavy atom. The van der Waals surface area contributed by atoms with E-state index in [1.807, 2.05) is 18.2 Å². The van der Waals surface area contributed by atoms with Gasteiger partial charge in [0.1, 0.15) is 5.78 Å². The lowest BCUT2D eigenvalue weighted by molar-refractivity contribution is -0.121. The second-order valence-corrected chi connectivity index (χ2v) is 7.19. The maximum absolute atomic E-state index is 12.3. The Hall–Kier alpha value is -0.280. The maximum Gasteiger partial charge on any atom is 0.146 e. The van der Waals surface area contributed by atoms with Crippen LogP contribution in [0.4, 0.5) is 0 Å². The number of benzene rings is 1. The van der Waals surface area contributed by atoms with Crippen molar-refractivity contribution in [3.8, 4) is 0 Å². The van der Waals surface area contributed by atoms with Crippen LogP contribution in [0.3, 0.4) is 0 Å². The molecular formula is C16H21BrOS. The maximum atomic E-state index is 12.3. The largest absolute Gasteiger partial charge is 0.298 e. The summed E-state index contributed by atoms with van der Waals surface area (Å²) < 4.78 is 1.09. The van der Waals surface area contributed by atoms with Gasteiger partial charge in [0, 0.05) is 15.3 Å². The monoisotopic (exact) mass is 340 g/mol. The fourth-order valence-corrected chi connectivity index (χ4v) is 4.33. The summed E-state index contributed by atoms with van der Waals surface area (Å²) in [5.41, 5.74) is 0. The third-order valence-corrected chi connectivity index (χ3v) is 6.07. The van der Waals surface area contributed by atoms with Crippen LogP contribution in [0.15, 0.2) is 33.6 Å². The van der Waals surface area contributed by atoms with Gasteiger partial charge >= 0.3 is 0 Å². The van der Waals surface area contributed by atoms with Gasteiger partial charge in [-0.1, -0.05) is 38.3 Å². The van der Waals surface area contributed by atoms with E-state index in [0.29, 0.717) is 17.5 Å². The van der Waals surface area contributed by atoms with Gasteiger partial charge in [0.2, 0.25) is 0 Å². The molecule has 1 saturated carbocycles. The van der Waals surface area contributed by atoms with E-state index in [1.54, 1.807) is 11.8 Å². The molecule has 2 unspecified atom stereocenters. The quantitative estimate of drug-likeness (QED) is 0.674. The van der Waals surface area contributed by atoms with Crippen molar-refractivity contribution in [2.75, 3.05) is 5.75 Å². The first-order valence-corrected chi connectivity index (χ1v) is 8.88. The van der Waals surface area contributed by atoms with Crippen LogP contribution < -0.4 is 0 Å². The van der Waals surface area contributed by atoms with E-state index < -0.39 is 0 Å². The number of Topliss-reactive ketones (excluding diaryl/α,β-unsaturated/α-hetero) is 1. The number of hydrogen-bond acceptors (Lipinski definition) is 2. The number of hydrogen-bond donors (Lipinski definition) is 0. The normalized spacial score (nSPS) is 23.3. The minimum Gasteiger partial charge on any atom is -0.298 e. The second kappa shape index (κ2) is 7.49. The third-order valence-electron chi connectivity index (χ3n) is 4.02. The van der Waals surface area contributed by atoms with Gasteiger partial charge in [-0.05, 0) is 46.8 Å². The fourth-order valence-electron chi connectivity index (χ4n) is 2.78. The highest BCUT2D eigenvalue weighted by atomic mass is 79.9. The number of carbonyl (C=O) groups is 1. The summed E-state index contributed by atoms with van der Waals surface area (Å²) >= 11 is 5.19. The minimum atomic E-state index is 0.314. The highest BCUT2D eigenvalue weighted by Gasteiger charge is 2.26. The Balaban J connectivity index is 1.86. The zero-order chi connectivity index (χ0) is 13.7. The van der Waals surface area contributed by atoms with Crippen molar-refractivity contribution in [2.45, 2.75) is 43.9 Å². The van der Waals surface area contributed by atoms with Gasteiger partial charge in [-0.25, -0.2) is 0 Å². The summed E-state index contributed by atoms with van der Waals surface area (Å²) in [5, 5.41) is 0. The molecule has 1 fully saturated rings. The van der Waals surface area contributed by atoms with Gasteiger partial charge in [0.15, 0.2) is 0 Å². The Kier molecular flexibility index (Phi) is 5.96. The smallest absolute Gasteiger partial charge is 0.146 e. The summed E-state index contributed by atoms with van der Waals surface area (Å²) in [5.74, 6) is 2.15. The van der Waals surface area contributed by atoms with E-state index in [9.17, 15) is 4.79 Å². The van der Waals surface area contributed by atoms with Gasteiger partial charge < -0.3 is 0 Å². The van der Waals surface area contributed by atoms with E-state index in [2.05, 4.69) is 28.9 Å². The van der Waals surface area contributed by atoms with Crippen LogP contribution in [0.1, 0.15) is 39.0 Å². The van der Waals surface area contributed by atoms with E-state index in [4.69, 9.17) is 0 Å². The van der Waals surface area contributed by atoms with Gasteiger partial charge in [0.05, 0.1) is 5.75 Å². The molecule has 0 spiro atoms. The van der Waals surface area contributed by atoms with Crippen LogP contribution in [-0.4, -0.2) is 11.5 Å². The first-order valence-electron chi connectivity index (χ1n) is 7.10. The minimum absolute atomic E-state index is 0.314. The molecule has 0 amide bonds. The van der Waals surface area contributed by atoms with Crippen LogP contribution in [-0.2, 0) is 4.79 Å². The molecule has 1 aromatic carbocycles. The molecule has 0 heterocycles. The Morgan fingerprint density at radius 2 is 2.16 bits per heavy atom. The van der Waals surface area contributed by atoms with Crippen molar-refractivity contribution in [1.82, 2.24) is 0 Å². The molecule has 0 aliphatic heterocycles. The van der Waals surface area contributed by atoms with Gasteiger partial charge in [-0.15, -0.1) is 11.8 Å². The molecule has 1 aromatic rings. The average molecular weight is 341 g/mol. The molecule has 2 rings (SSSR count). The molecule has 2 atom stereocenters. The molecule has 0 radical (unpaired) electrons. The average Bonchev–Trinajstić information content (AvgIpc) is 2.46. The molecule has 1 nitrogen and oxygen atoms in total. The molecule has 3 heteroatoms. The molecule has 0 N–H and O–H groups in total. The van der Waals surface area contributed by atoms with E-state index in [0.717, 1.165) is 23.2 Å². The number of carbonyl (C=O) groups excluding carboxylic acids is 1. The summed E-state index contributed by atoms with van der Waals surface area (Å²) in [6.45, 7) is 2.24. The molecule has 0 aromatic heterocycles. The summed E-state index contributed by atoms with van der Waals surface area (Å²) in [7, 11) is 0. The fraction of sp³-hybridized carbons (Fsp3) is 0.562. The highest BCUT2D eigenvalue weighted by molar-refractivity contribution is 9.10. The lowest BCUT2D eigenvalue weighted by Crippen LogP contribution is -2.24. The first-order chi connectivity index (χ1) is 9.20. The van der Waals surface area contributed by atoms with Crippen LogP contribution in [0.5, 0.6) is 0 Å². The van der Waals surface area contributed by atoms with Gasteiger partial charge in [-0.2, -0.15) is 0 Å². The predicted octanol–water partition coefficient (Wildman–Crippen LogP) is 5.33. The van der Waals surface area contributed by atoms with Crippen molar-refractivity contribution in [3.63, 3.8) is 0 Å². The summed E-state index contributed by atoms with van der Waals surface area (Å²) in [6, 6.07) is 8.12. The van der Waals surface area contributed by atoms with Crippen LogP contribution in [0, 0.1) is 11.8 Å². The Morgan fingerprint density at radius 1 is 1.37 bits per heavy atom. The summed E-state index contributed by atoms with van der Waals surface area (Å²) in [4.78, 5) is 13.5.